The molecule has 0 saturated carbocycles. The van der Waals surface area contributed by atoms with Crippen molar-refractivity contribution in [2.45, 2.75) is 12.5 Å². The van der Waals surface area contributed by atoms with Gasteiger partial charge in [0.25, 0.3) is 5.54 Å². The van der Waals surface area contributed by atoms with E-state index in [4.69, 9.17) is 10.2 Å². The first-order valence-electron chi connectivity index (χ1n) is 4.97. The molecular formula is C12H13NO4. The maximum absolute atomic E-state index is 11.2. The molecule has 5 nitrogen and oxygen atoms in total. The van der Waals surface area contributed by atoms with Gasteiger partial charge in [-0.2, -0.15) is 0 Å². The molecule has 0 unspecified atom stereocenters. The Hall–Kier alpha value is -2.30. The number of anilines is 1. The smallest absolute Gasteiger partial charge is 0.345 e. The minimum absolute atomic E-state index is 0.426. The number of hydrogen-bond donors (Lipinski definition) is 3. The van der Waals surface area contributed by atoms with Crippen molar-refractivity contribution in [1.29, 1.82) is 0 Å². The van der Waals surface area contributed by atoms with Crippen LogP contribution in [0.1, 0.15) is 6.92 Å². The molecule has 0 heterocycles. The predicted octanol–water partition coefficient (Wildman–Crippen LogP) is 1.58. The lowest BCUT2D eigenvalue weighted by atomic mass is 9.98. The lowest BCUT2D eigenvalue weighted by molar-refractivity contribution is -0.152. The topological polar surface area (TPSA) is 86.6 Å². The van der Waals surface area contributed by atoms with E-state index in [2.05, 4.69) is 5.32 Å². The molecule has 0 aliphatic heterocycles. The van der Waals surface area contributed by atoms with Crippen molar-refractivity contribution >= 4 is 17.6 Å². The van der Waals surface area contributed by atoms with Gasteiger partial charge in [-0.1, -0.05) is 24.3 Å². The third kappa shape index (κ3) is 2.63. The molecule has 0 spiro atoms. The summed E-state index contributed by atoms with van der Waals surface area (Å²) >= 11 is 0. The fourth-order valence-corrected chi connectivity index (χ4v) is 1.38. The summed E-state index contributed by atoms with van der Waals surface area (Å²) < 4.78 is 0. The standard InChI is InChI=1S/C12H13NO4/c1-2-8-12(10(14)15,11(16)17)13-9-6-4-3-5-7-9/h2-8,13H,1H3,(H,14,15)(H,16,17). The van der Waals surface area contributed by atoms with Crippen LogP contribution in [0.5, 0.6) is 0 Å². The first kappa shape index (κ1) is 12.8. The van der Waals surface area contributed by atoms with Crippen molar-refractivity contribution in [1.82, 2.24) is 0 Å². The van der Waals surface area contributed by atoms with Gasteiger partial charge in [-0.15, -0.1) is 0 Å². The van der Waals surface area contributed by atoms with Gasteiger partial charge in [-0.3, -0.25) is 0 Å². The SMILES string of the molecule is CC=CC(Nc1ccccc1)(C(=O)O)C(=O)O. The number of nitrogens with one attached hydrogen (secondary N) is 1. The zero-order valence-electron chi connectivity index (χ0n) is 9.25. The highest BCUT2D eigenvalue weighted by Crippen LogP contribution is 2.18. The van der Waals surface area contributed by atoms with Crippen LogP contribution in [-0.2, 0) is 9.59 Å². The molecule has 0 aliphatic rings. The zero-order valence-corrected chi connectivity index (χ0v) is 9.25. The number of para-hydroxylation sites is 1. The summed E-state index contributed by atoms with van der Waals surface area (Å²) in [6.45, 7) is 1.56. The van der Waals surface area contributed by atoms with E-state index < -0.39 is 17.5 Å². The second-order valence-corrected chi connectivity index (χ2v) is 3.41. The molecular weight excluding hydrogens is 222 g/mol. The van der Waals surface area contributed by atoms with Gasteiger partial charge >= 0.3 is 11.9 Å². The number of hydrogen-bond acceptors (Lipinski definition) is 3. The predicted molar refractivity (Wildman–Crippen MR) is 62.9 cm³/mol. The minimum Gasteiger partial charge on any atom is -0.479 e. The van der Waals surface area contributed by atoms with Gasteiger partial charge in [0, 0.05) is 5.69 Å². The van der Waals surface area contributed by atoms with Crippen molar-refractivity contribution < 1.29 is 19.8 Å². The van der Waals surface area contributed by atoms with E-state index in [1.807, 2.05) is 0 Å². The lowest BCUT2D eigenvalue weighted by Crippen LogP contribution is -2.51. The van der Waals surface area contributed by atoms with Gasteiger partial charge in [-0.25, -0.2) is 9.59 Å². The minimum atomic E-state index is -2.14. The molecule has 0 bridgehead atoms. The van der Waals surface area contributed by atoms with Crippen LogP contribution in [-0.4, -0.2) is 27.7 Å². The number of carboxylic acid groups (broad SMARTS) is 2. The van der Waals surface area contributed by atoms with Crippen LogP contribution in [0.2, 0.25) is 0 Å². The van der Waals surface area contributed by atoms with E-state index >= 15 is 0 Å². The largest absolute Gasteiger partial charge is 0.479 e. The molecule has 0 aromatic heterocycles. The molecule has 1 rings (SSSR count). The summed E-state index contributed by atoms with van der Waals surface area (Å²) in [6.07, 6.45) is 2.49. The van der Waals surface area contributed by atoms with Crippen LogP contribution in [0.25, 0.3) is 0 Å². The van der Waals surface area contributed by atoms with Gasteiger partial charge in [0.1, 0.15) is 0 Å². The first-order valence-corrected chi connectivity index (χ1v) is 4.97. The summed E-state index contributed by atoms with van der Waals surface area (Å²) in [4.78, 5) is 22.3. The quantitative estimate of drug-likeness (QED) is 0.533. The van der Waals surface area contributed by atoms with Gasteiger partial charge < -0.3 is 15.5 Å². The maximum atomic E-state index is 11.2. The Morgan fingerprint density at radius 1 is 1.18 bits per heavy atom. The fourth-order valence-electron chi connectivity index (χ4n) is 1.38. The van der Waals surface area contributed by atoms with Crippen LogP contribution in [0.15, 0.2) is 42.5 Å². The highest BCUT2D eigenvalue weighted by Gasteiger charge is 2.44. The molecule has 0 aliphatic carbocycles. The molecule has 0 atom stereocenters. The number of benzene rings is 1. The Morgan fingerprint density at radius 2 is 1.71 bits per heavy atom. The molecule has 0 amide bonds. The molecule has 5 heteroatoms. The highest BCUT2D eigenvalue weighted by atomic mass is 16.4. The molecule has 0 saturated heterocycles. The van der Waals surface area contributed by atoms with Crippen LogP contribution < -0.4 is 5.32 Å². The Balaban J connectivity index is 3.15. The average molecular weight is 235 g/mol. The Morgan fingerprint density at radius 3 is 2.12 bits per heavy atom. The number of allylic oxidation sites excluding steroid dienone is 1. The second kappa shape index (κ2) is 5.16. The van der Waals surface area contributed by atoms with Crippen LogP contribution in [0.3, 0.4) is 0 Å². The number of carboxylic acids is 2. The summed E-state index contributed by atoms with van der Waals surface area (Å²) in [5, 5.41) is 20.7. The fraction of sp³-hybridized carbons (Fsp3) is 0.167. The van der Waals surface area contributed by atoms with Crippen LogP contribution >= 0.6 is 0 Å². The van der Waals surface area contributed by atoms with E-state index in [1.165, 1.54) is 6.08 Å². The van der Waals surface area contributed by atoms with Crippen molar-refractivity contribution in [2.24, 2.45) is 0 Å². The first-order chi connectivity index (χ1) is 8.03. The van der Waals surface area contributed by atoms with Crippen LogP contribution in [0.4, 0.5) is 5.69 Å². The van der Waals surface area contributed by atoms with Gasteiger partial charge in [0.15, 0.2) is 0 Å². The zero-order chi connectivity index (χ0) is 12.9. The molecule has 3 N–H and O–H groups in total. The number of aliphatic carboxylic acids is 2. The van der Waals surface area contributed by atoms with Crippen molar-refractivity contribution in [2.75, 3.05) is 5.32 Å². The summed E-state index contributed by atoms with van der Waals surface area (Å²) in [7, 11) is 0. The van der Waals surface area contributed by atoms with E-state index in [9.17, 15) is 9.59 Å². The van der Waals surface area contributed by atoms with E-state index in [-0.39, 0.29) is 0 Å². The summed E-state index contributed by atoms with van der Waals surface area (Å²) in [5.74, 6) is -2.93. The second-order valence-electron chi connectivity index (χ2n) is 3.41. The Labute approximate surface area is 98.4 Å². The molecule has 1 aromatic carbocycles. The third-order valence-electron chi connectivity index (χ3n) is 2.21. The van der Waals surface area contributed by atoms with Crippen molar-refractivity contribution in [3.63, 3.8) is 0 Å². The Bertz CT molecular complexity index is 425. The van der Waals surface area contributed by atoms with Crippen molar-refractivity contribution in [3.05, 3.63) is 42.5 Å². The van der Waals surface area contributed by atoms with Gasteiger partial charge in [0.2, 0.25) is 0 Å². The lowest BCUT2D eigenvalue weighted by Gasteiger charge is -2.23. The van der Waals surface area contributed by atoms with Gasteiger partial charge in [-0.05, 0) is 25.1 Å². The van der Waals surface area contributed by atoms with Gasteiger partial charge in [0.05, 0.1) is 0 Å². The molecule has 0 radical (unpaired) electrons. The third-order valence-corrected chi connectivity index (χ3v) is 2.21. The van der Waals surface area contributed by atoms with E-state index in [0.29, 0.717) is 5.69 Å². The maximum Gasteiger partial charge on any atom is 0.345 e. The van der Waals surface area contributed by atoms with E-state index in [0.717, 1.165) is 6.08 Å². The van der Waals surface area contributed by atoms with Crippen LogP contribution in [0, 0.1) is 0 Å². The highest BCUT2D eigenvalue weighted by molar-refractivity contribution is 6.08. The molecule has 90 valence electrons. The molecule has 17 heavy (non-hydrogen) atoms. The van der Waals surface area contributed by atoms with Crippen molar-refractivity contribution in [3.8, 4) is 0 Å². The molecule has 0 fully saturated rings. The van der Waals surface area contributed by atoms with E-state index in [1.54, 1.807) is 37.3 Å². The number of rotatable bonds is 5. The normalized spacial score (nSPS) is 11.4. The summed E-state index contributed by atoms with van der Waals surface area (Å²) in [6, 6.07) is 8.33. The molecule has 1 aromatic rings. The number of carbonyl (C=O) groups is 2. The summed E-state index contributed by atoms with van der Waals surface area (Å²) in [5.41, 5.74) is -1.72. The Kier molecular flexibility index (Phi) is 3.87. The monoisotopic (exact) mass is 235 g/mol. The average Bonchev–Trinajstić information content (AvgIpc) is 2.29.